The van der Waals surface area contributed by atoms with Crippen molar-refractivity contribution in [1.29, 1.82) is 0 Å². The van der Waals surface area contributed by atoms with Crippen LogP contribution < -0.4 is 5.32 Å². The second kappa shape index (κ2) is 11.3. The molecule has 4 atom stereocenters. The predicted molar refractivity (Wildman–Crippen MR) is 122 cm³/mol. The summed E-state index contributed by atoms with van der Waals surface area (Å²) in [6, 6.07) is 0. The molecule has 2 aromatic heterocycles. The molecule has 1 saturated heterocycles. The normalized spacial score (nSPS) is 23.6. The number of aliphatic hydroxyl groups is 2. The molecule has 17 heteroatoms. The number of aliphatic hydroxyl groups excluding tert-OH is 2. The number of imidazole rings is 1. The molecule has 1 aliphatic rings. The lowest BCUT2D eigenvalue weighted by molar-refractivity contribution is -0.0504. The van der Waals surface area contributed by atoms with Gasteiger partial charge >= 0.3 is 7.82 Å². The van der Waals surface area contributed by atoms with Gasteiger partial charge in [0.25, 0.3) is 0 Å². The summed E-state index contributed by atoms with van der Waals surface area (Å²) in [5.41, 5.74) is 0.562. The monoisotopic (exact) mass is 545 g/mol. The first-order valence-corrected chi connectivity index (χ1v) is 14.0. The van der Waals surface area contributed by atoms with Crippen molar-refractivity contribution >= 4 is 48.3 Å². The highest BCUT2D eigenvalue weighted by Gasteiger charge is 2.45. The number of halogens is 2. The molecule has 34 heavy (non-hydrogen) atoms. The first kappa shape index (κ1) is 27.5. The predicted octanol–water partition coefficient (Wildman–Crippen LogP) is 1.47. The molecule has 0 unspecified atom stereocenters. The minimum atomic E-state index is -4.81. The highest BCUT2D eigenvalue weighted by Crippen LogP contribution is 2.39. The van der Waals surface area contributed by atoms with Gasteiger partial charge in [0.05, 0.1) is 12.9 Å². The van der Waals surface area contributed by atoms with Gasteiger partial charge in [-0.15, -0.1) is 0 Å². The lowest BCUT2D eigenvalue weighted by atomic mass is 10.1. The van der Waals surface area contributed by atoms with Crippen molar-refractivity contribution in [2.75, 3.05) is 36.2 Å². The minimum absolute atomic E-state index is 0.0659. The Hall–Kier alpha value is -1.10. The number of fused-ring (bicyclic) bond motifs is 1. The van der Waals surface area contributed by atoms with Crippen LogP contribution in [-0.4, -0.2) is 94.7 Å². The Morgan fingerprint density at radius 1 is 1.29 bits per heavy atom. The van der Waals surface area contributed by atoms with Gasteiger partial charge in [-0.2, -0.15) is 11.8 Å². The lowest BCUT2D eigenvalue weighted by Crippen LogP contribution is -2.33. The summed E-state index contributed by atoms with van der Waals surface area (Å²) < 4.78 is 48.8. The van der Waals surface area contributed by atoms with E-state index in [0.717, 1.165) is 24.4 Å². The second-order valence-electron chi connectivity index (χ2n) is 7.60. The van der Waals surface area contributed by atoms with E-state index in [9.17, 15) is 23.6 Å². The van der Waals surface area contributed by atoms with Crippen molar-refractivity contribution in [3.8, 4) is 0 Å². The van der Waals surface area contributed by atoms with Crippen LogP contribution >= 0.6 is 31.3 Å². The van der Waals surface area contributed by atoms with Gasteiger partial charge in [0.1, 0.15) is 18.3 Å². The Bertz CT molecular complexity index is 1020. The number of rotatable bonds is 12. The Kier molecular flexibility index (Phi) is 9.14. The number of aromatic nitrogens is 4. The van der Waals surface area contributed by atoms with Crippen molar-refractivity contribution in [1.82, 2.24) is 19.5 Å². The number of nitrogens with one attached hydrogen (secondary N) is 1. The maximum atomic E-state index is 13.2. The van der Waals surface area contributed by atoms with Crippen LogP contribution in [0.4, 0.5) is 14.6 Å². The zero-order chi connectivity index (χ0) is 25.1. The van der Waals surface area contributed by atoms with Crippen LogP contribution in [0.1, 0.15) is 19.6 Å². The third-order valence-corrected chi connectivity index (χ3v) is 6.74. The minimum Gasteiger partial charge on any atom is -0.387 e. The summed E-state index contributed by atoms with van der Waals surface area (Å²) in [4.78, 5) is 30.8. The van der Waals surface area contributed by atoms with Gasteiger partial charge in [-0.1, -0.05) is 11.8 Å². The third kappa shape index (κ3) is 7.21. The van der Waals surface area contributed by atoms with Crippen molar-refractivity contribution < 1.29 is 42.6 Å². The number of anilines is 1. The molecule has 12 nitrogen and oxygen atoms in total. The van der Waals surface area contributed by atoms with E-state index in [1.54, 1.807) is 11.8 Å². The molecule has 1 aliphatic heterocycles. The SMILES string of the molecule is CSCCNc1nc(SCCC(C)(F)F)nc2c1ncn2[C@@H]1O[C@H](COP(=O)(O)O)[C@@H](O)[C@H]1O. The van der Waals surface area contributed by atoms with Crippen molar-refractivity contribution in [3.05, 3.63) is 6.33 Å². The fourth-order valence-corrected chi connectivity index (χ4v) is 4.73. The van der Waals surface area contributed by atoms with Gasteiger partial charge in [0.15, 0.2) is 28.4 Å². The van der Waals surface area contributed by atoms with Crippen molar-refractivity contribution in [3.63, 3.8) is 0 Å². The number of thioether (sulfide) groups is 2. The highest BCUT2D eigenvalue weighted by molar-refractivity contribution is 7.99. The molecule has 0 bridgehead atoms. The van der Waals surface area contributed by atoms with Crippen LogP contribution in [0, 0.1) is 0 Å². The average molecular weight is 546 g/mol. The molecule has 0 aromatic carbocycles. The van der Waals surface area contributed by atoms with E-state index in [4.69, 9.17) is 14.5 Å². The van der Waals surface area contributed by atoms with Gasteiger partial charge in [-0.25, -0.2) is 28.3 Å². The van der Waals surface area contributed by atoms with Crippen LogP contribution in [0.3, 0.4) is 0 Å². The van der Waals surface area contributed by atoms with Crippen molar-refractivity contribution in [2.24, 2.45) is 0 Å². The standard InChI is InChI=1S/C17H26F2N5O7PS2/c1-17(18,19)3-5-34-16-22-13(20-4-6-33-2)10-14(23-16)24(8-21-10)15-12(26)11(25)9(31-15)7-30-32(27,28)29/h8-9,11-12,15,25-26H,3-7H2,1-2H3,(H,20,22,23)(H2,27,28,29)/t9-,11-,12-,15-/m1/s1. The average Bonchev–Trinajstić information content (AvgIpc) is 3.27. The van der Waals surface area contributed by atoms with Crippen LogP contribution in [0.5, 0.6) is 0 Å². The van der Waals surface area contributed by atoms with E-state index < -0.39 is 44.9 Å². The number of alkyl halides is 2. The molecule has 3 heterocycles. The van der Waals surface area contributed by atoms with Gasteiger partial charge in [0, 0.05) is 24.5 Å². The van der Waals surface area contributed by atoms with Crippen LogP contribution in [-0.2, 0) is 13.8 Å². The van der Waals surface area contributed by atoms with Gasteiger partial charge in [0.2, 0.25) is 5.92 Å². The van der Waals surface area contributed by atoms with Crippen LogP contribution in [0.25, 0.3) is 11.2 Å². The molecule has 1 fully saturated rings. The Labute approximate surface area is 202 Å². The number of nitrogens with zero attached hydrogens (tertiary/aromatic N) is 4. The fraction of sp³-hybridized carbons (Fsp3) is 0.706. The van der Waals surface area contributed by atoms with Gasteiger partial charge < -0.3 is 30.1 Å². The Balaban J connectivity index is 1.89. The number of phosphoric ester groups is 1. The summed E-state index contributed by atoms with van der Waals surface area (Å²) in [6.07, 6.45) is -2.53. The van der Waals surface area contributed by atoms with Gasteiger partial charge in [-0.3, -0.25) is 9.09 Å². The molecule has 192 valence electrons. The summed E-state index contributed by atoms with van der Waals surface area (Å²) in [5, 5.41) is 24.1. The molecule has 5 N–H and O–H groups in total. The molecule has 0 amide bonds. The first-order valence-electron chi connectivity index (χ1n) is 10.1. The summed E-state index contributed by atoms with van der Waals surface area (Å²) in [5.74, 6) is -1.62. The maximum absolute atomic E-state index is 13.2. The molecule has 0 saturated carbocycles. The zero-order valence-corrected chi connectivity index (χ0v) is 20.8. The van der Waals surface area contributed by atoms with E-state index in [2.05, 4.69) is 24.8 Å². The largest absolute Gasteiger partial charge is 0.469 e. The Morgan fingerprint density at radius 2 is 2.03 bits per heavy atom. The summed E-state index contributed by atoms with van der Waals surface area (Å²) in [6.45, 7) is 0.730. The molecular weight excluding hydrogens is 519 g/mol. The molecule has 0 aliphatic carbocycles. The number of ether oxygens (including phenoxy) is 1. The molecular formula is C17H26F2N5O7PS2. The van der Waals surface area contributed by atoms with Crippen LogP contribution in [0.15, 0.2) is 11.5 Å². The quantitative estimate of drug-likeness (QED) is 0.112. The number of hydrogen-bond donors (Lipinski definition) is 5. The van der Waals surface area contributed by atoms with Crippen molar-refractivity contribution in [2.45, 2.75) is 49.0 Å². The van der Waals surface area contributed by atoms with Gasteiger partial charge in [-0.05, 0) is 13.2 Å². The number of phosphoric acid groups is 1. The van der Waals surface area contributed by atoms with E-state index in [1.807, 2.05) is 6.26 Å². The molecule has 0 radical (unpaired) electrons. The maximum Gasteiger partial charge on any atom is 0.469 e. The number of hydrogen-bond acceptors (Lipinski definition) is 11. The highest BCUT2D eigenvalue weighted by atomic mass is 32.2. The van der Waals surface area contributed by atoms with E-state index in [-0.39, 0.29) is 23.0 Å². The smallest absolute Gasteiger partial charge is 0.387 e. The van der Waals surface area contributed by atoms with Crippen LogP contribution in [0.2, 0.25) is 0 Å². The first-order chi connectivity index (χ1) is 15.9. The molecule has 3 rings (SSSR count). The molecule has 0 spiro atoms. The second-order valence-corrected chi connectivity index (χ2v) is 10.9. The Morgan fingerprint density at radius 3 is 2.68 bits per heavy atom. The van der Waals surface area contributed by atoms with E-state index in [0.29, 0.717) is 17.9 Å². The fourth-order valence-electron chi connectivity index (χ4n) is 3.13. The topological polar surface area (TPSA) is 172 Å². The summed E-state index contributed by atoms with van der Waals surface area (Å²) in [7, 11) is -4.81. The zero-order valence-electron chi connectivity index (χ0n) is 18.2. The summed E-state index contributed by atoms with van der Waals surface area (Å²) >= 11 is 2.65. The third-order valence-electron chi connectivity index (χ3n) is 4.79. The van der Waals surface area contributed by atoms with E-state index >= 15 is 0 Å². The molecule has 2 aromatic rings. The van der Waals surface area contributed by atoms with E-state index in [1.165, 1.54) is 10.9 Å². The lowest BCUT2D eigenvalue weighted by Gasteiger charge is -2.17.